The van der Waals surface area contributed by atoms with Gasteiger partial charge in [-0.15, -0.1) is 9.24 Å². The van der Waals surface area contributed by atoms with Crippen LogP contribution in [0.1, 0.15) is 20.3 Å². The van der Waals surface area contributed by atoms with E-state index in [0.29, 0.717) is 0 Å². The molecule has 0 aliphatic carbocycles. The molecule has 0 amide bonds. The summed E-state index contributed by atoms with van der Waals surface area (Å²) in [6, 6.07) is 0. The molecule has 0 spiro atoms. The third-order valence-electron chi connectivity index (χ3n) is 1.39. The molecule has 0 saturated heterocycles. The lowest BCUT2D eigenvalue weighted by Crippen LogP contribution is -2.18. The first-order valence-electron chi connectivity index (χ1n) is 3.34. The second-order valence-corrected chi connectivity index (χ2v) is 2.98. The molecular weight excluding hydrogens is 147 g/mol. The molecule has 10 heavy (non-hydrogen) atoms. The fraction of sp³-hybridized carbons (Fsp3) is 0.714. The highest BCUT2D eigenvalue weighted by Crippen LogP contribution is 2.05. The number of hydrogen-bond acceptors (Lipinski definition) is 2. The van der Waals surface area contributed by atoms with E-state index in [2.05, 4.69) is 9.24 Å². The molecule has 3 heteroatoms. The summed E-state index contributed by atoms with van der Waals surface area (Å²) >= 11 is 0. The number of rotatable bonds is 4. The molecule has 2 atom stereocenters. The zero-order chi connectivity index (χ0) is 8.15. The van der Waals surface area contributed by atoms with Gasteiger partial charge in [0, 0.05) is 12.8 Å². The SMILES string of the molecule is CC(=O)C(=O)C(C)CCP. The Morgan fingerprint density at radius 1 is 1.50 bits per heavy atom. The van der Waals surface area contributed by atoms with Crippen molar-refractivity contribution in [3.8, 4) is 0 Å². The van der Waals surface area contributed by atoms with E-state index in [1.165, 1.54) is 6.92 Å². The lowest BCUT2D eigenvalue weighted by atomic mass is 10.0. The summed E-state index contributed by atoms with van der Waals surface area (Å²) in [4.78, 5) is 21.4. The minimum atomic E-state index is -0.328. The predicted octanol–water partition coefficient (Wildman–Crippen LogP) is 1.05. The molecule has 0 radical (unpaired) electrons. The van der Waals surface area contributed by atoms with Gasteiger partial charge in [-0.25, -0.2) is 0 Å². The molecule has 0 saturated carbocycles. The van der Waals surface area contributed by atoms with Crippen molar-refractivity contribution < 1.29 is 9.59 Å². The molecule has 0 aliphatic heterocycles. The zero-order valence-corrected chi connectivity index (χ0v) is 7.54. The minimum Gasteiger partial charge on any atom is -0.291 e. The topological polar surface area (TPSA) is 34.1 Å². The van der Waals surface area contributed by atoms with Crippen LogP contribution in [0.25, 0.3) is 0 Å². The molecule has 2 unspecified atom stereocenters. The first kappa shape index (κ1) is 9.77. The summed E-state index contributed by atoms with van der Waals surface area (Å²) < 4.78 is 0. The van der Waals surface area contributed by atoms with Gasteiger partial charge in [-0.05, 0) is 12.6 Å². The molecule has 0 rings (SSSR count). The Bertz CT molecular complexity index is 143. The van der Waals surface area contributed by atoms with Crippen LogP contribution in [-0.2, 0) is 9.59 Å². The molecule has 0 aromatic heterocycles. The standard InChI is InChI=1S/C7H13O2P/c1-5(3-4-10)7(9)6(2)8/h5H,3-4,10H2,1-2H3. The molecule has 0 aliphatic rings. The van der Waals surface area contributed by atoms with E-state index >= 15 is 0 Å². The van der Waals surface area contributed by atoms with Gasteiger partial charge in [0.15, 0.2) is 5.78 Å². The van der Waals surface area contributed by atoms with Crippen molar-refractivity contribution in [1.29, 1.82) is 0 Å². The van der Waals surface area contributed by atoms with Crippen LogP contribution in [0.2, 0.25) is 0 Å². The Balaban J connectivity index is 3.82. The van der Waals surface area contributed by atoms with Crippen LogP contribution >= 0.6 is 9.24 Å². The number of Topliss-reactive ketones (excluding diaryl/α,β-unsaturated/α-hetero) is 2. The first-order chi connectivity index (χ1) is 4.59. The Hall–Kier alpha value is -0.230. The molecule has 0 aromatic carbocycles. The second kappa shape index (κ2) is 4.56. The van der Waals surface area contributed by atoms with Crippen molar-refractivity contribution >= 4 is 20.8 Å². The lowest BCUT2D eigenvalue weighted by molar-refractivity contribution is -0.137. The Morgan fingerprint density at radius 2 is 2.00 bits per heavy atom. The van der Waals surface area contributed by atoms with Crippen LogP contribution in [-0.4, -0.2) is 17.7 Å². The smallest absolute Gasteiger partial charge is 0.200 e. The summed E-state index contributed by atoms with van der Waals surface area (Å²) in [7, 11) is 2.54. The van der Waals surface area contributed by atoms with E-state index in [1.807, 2.05) is 0 Å². The summed E-state index contributed by atoms with van der Waals surface area (Å²) in [5, 5.41) is 0. The summed E-state index contributed by atoms with van der Waals surface area (Å²) in [5.41, 5.74) is 0. The minimum absolute atomic E-state index is 0.102. The number of ketones is 2. The normalized spacial score (nSPS) is 12.7. The summed E-state index contributed by atoms with van der Waals surface area (Å²) in [6.07, 6.45) is 1.66. The number of hydrogen-bond donors (Lipinski definition) is 0. The van der Waals surface area contributed by atoms with E-state index in [4.69, 9.17) is 0 Å². The molecule has 0 aromatic rings. The third-order valence-corrected chi connectivity index (χ3v) is 1.73. The van der Waals surface area contributed by atoms with Crippen molar-refractivity contribution in [2.24, 2.45) is 5.92 Å². The third kappa shape index (κ3) is 3.07. The van der Waals surface area contributed by atoms with Crippen molar-refractivity contribution in [3.63, 3.8) is 0 Å². The van der Waals surface area contributed by atoms with Gasteiger partial charge in [-0.1, -0.05) is 6.92 Å². The number of carbonyl (C=O) groups is 2. The number of carbonyl (C=O) groups excluding carboxylic acids is 2. The largest absolute Gasteiger partial charge is 0.291 e. The molecule has 0 heterocycles. The Labute approximate surface area is 63.6 Å². The van der Waals surface area contributed by atoms with Crippen LogP contribution in [0.4, 0.5) is 0 Å². The van der Waals surface area contributed by atoms with E-state index in [9.17, 15) is 9.59 Å². The van der Waals surface area contributed by atoms with Crippen molar-refractivity contribution in [3.05, 3.63) is 0 Å². The van der Waals surface area contributed by atoms with Crippen LogP contribution in [0, 0.1) is 5.92 Å². The average Bonchev–Trinajstić information content (AvgIpc) is 1.87. The summed E-state index contributed by atoms with van der Waals surface area (Å²) in [6.45, 7) is 3.11. The molecule has 0 N–H and O–H groups in total. The van der Waals surface area contributed by atoms with Crippen LogP contribution in [0.5, 0.6) is 0 Å². The van der Waals surface area contributed by atoms with E-state index in [0.717, 1.165) is 12.6 Å². The molecule has 0 fully saturated rings. The molecule has 0 bridgehead atoms. The maximum absolute atomic E-state index is 10.9. The van der Waals surface area contributed by atoms with Gasteiger partial charge in [0.1, 0.15) is 0 Å². The highest BCUT2D eigenvalue weighted by molar-refractivity contribution is 7.16. The second-order valence-electron chi connectivity index (χ2n) is 2.40. The van der Waals surface area contributed by atoms with E-state index in [1.54, 1.807) is 6.92 Å². The van der Waals surface area contributed by atoms with Crippen molar-refractivity contribution in [2.75, 3.05) is 6.16 Å². The van der Waals surface area contributed by atoms with Gasteiger partial charge in [0.25, 0.3) is 0 Å². The Morgan fingerprint density at radius 3 is 2.30 bits per heavy atom. The Kier molecular flexibility index (Phi) is 4.46. The average molecular weight is 160 g/mol. The van der Waals surface area contributed by atoms with E-state index < -0.39 is 0 Å². The fourth-order valence-electron chi connectivity index (χ4n) is 0.728. The first-order valence-corrected chi connectivity index (χ1v) is 4.16. The quantitative estimate of drug-likeness (QED) is 0.455. The maximum Gasteiger partial charge on any atom is 0.200 e. The van der Waals surface area contributed by atoms with Gasteiger partial charge in [-0.2, -0.15) is 0 Å². The fourth-order valence-corrected chi connectivity index (χ4v) is 1.23. The molecule has 58 valence electrons. The van der Waals surface area contributed by atoms with Gasteiger partial charge in [-0.3, -0.25) is 9.59 Å². The highest BCUT2D eigenvalue weighted by Gasteiger charge is 2.15. The van der Waals surface area contributed by atoms with Crippen LogP contribution < -0.4 is 0 Å². The lowest BCUT2D eigenvalue weighted by Gasteiger charge is -2.03. The highest BCUT2D eigenvalue weighted by atomic mass is 31.0. The van der Waals surface area contributed by atoms with Gasteiger partial charge in [0.05, 0.1) is 0 Å². The van der Waals surface area contributed by atoms with Crippen LogP contribution in [0.3, 0.4) is 0 Å². The zero-order valence-electron chi connectivity index (χ0n) is 6.39. The van der Waals surface area contributed by atoms with Crippen molar-refractivity contribution in [1.82, 2.24) is 0 Å². The van der Waals surface area contributed by atoms with Gasteiger partial charge >= 0.3 is 0 Å². The monoisotopic (exact) mass is 160 g/mol. The van der Waals surface area contributed by atoms with E-state index in [-0.39, 0.29) is 17.5 Å². The van der Waals surface area contributed by atoms with Gasteiger partial charge < -0.3 is 0 Å². The summed E-state index contributed by atoms with van der Waals surface area (Å²) in [5.74, 6) is -0.677. The van der Waals surface area contributed by atoms with Crippen LogP contribution in [0.15, 0.2) is 0 Å². The molecular formula is C7H13O2P. The van der Waals surface area contributed by atoms with Crippen molar-refractivity contribution in [2.45, 2.75) is 20.3 Å². The maximum atomic E-state index is 10.9. The van der Waals surface area contributed by atoms with Gasteiger partial charge in [0.2, 0.25) is 5.78 Å². The predicted molar refractivity (Wildman–Crippen MR) is 44.0 cm³/mol. The molecule has 2 nitrogen and oxygen atoms in total.